The molecule has 0 atom stereocenters. The van der Waals surface area contributed by atoms with E-state index in [0.29, 0.717) is 11.6 Å². The van der Waals surface area contributed by atoms with Crippen LogP contribution in [0.4, 0.5) is 15.8 Å². The van der Waals surface area contributed by atoms with Gasteiger partial charge in [-0.3, -0.25) is 0 Å². The number of anilines is 2. The molecule has 0 aliphatic carbocycles. The van der Waals surface area contributed by atoms with E-state index in [1.807, 2.05) is 24.3 Å². The second-order valence-electron chi connectivity index (χ2n) is 4.96. The summed E-state index contributed by atoms with van der Waals surface area (Å²) in [5.41, 5.74) is 2.78. The van der Waals surface area contributed by atoms with Crippen LogP contribution in [0.3, 0.4) is 0 Å². The third-order valence-electron chi connectivity index (χ3n) is 3.20. The fraction of sp³-hybridized carbons (Fsp3) is 0.294. The molecular weight excluding hydrogens is 287 g/mol. The van der Waals surface area contributed by atoms with Crippen molar-refractivity contribution in [2.45, 2.75) is 26.3 Å². The summed E-state index contributed by atoms with van der Waals surface area (Å²) >= 11 is 6.27. The van der Waals surface area contributed by atoms with Crippen LogP contribution < -0.4 is 10.6 Å². The first-order valence-corrected chi connectivity index (χ1v) is 7.58. The molecule has 21 heavy (non-hydrogen) atoms. The Morgan fingerprint density at radius 1 is 1.10 bits per heavy atom. The highest BCUT2D eigenvalue weighted by molar-refractivity contribution is 6.33. The lowest BCUT2D eigenvalue weighted by Gasteiger charge is -2.11. The van der Waals surface area contributed by atoms with E-state index >= 15 is 0 Å². The van der Waals surface area contributed by atoms with E-state index in [-0.39, 0.29) is 5.82 Å². The molecule has 2 nitrogen and oxygen atoms in total. The molecule has 0 bridgehead atoms. The highest BCUT2D eigenvalue weighted by Crippen LogP contribution is 2.23. The summed E-state index contributed by atoms with van der Waals surface area (Å²) in [7, 11) is 0. The smallest absolute Gasteiger partial charge is 0.125 e. The normalized spacial score (nSPS) is 10.4. The van der Waals surface area contributed by atoms with Crippen molar-refractivity contribution in [3.8, 4) is 0 Å². The molecule has 2 N–H and O–H groups in total. The average molecular weight is 307 g/mol. The van der Waals surface area contributed by atoms with E-state index in [1.54, 1.807) is 6.07 Å². The summed E-state index contributed by atoms with van der Waals surface area (Å²) in [5, 5.41) is 7.21. The molecule has 0 unspecified atom stereocenters. The molecule has 2 aromatic carbocycles. The fourth-order valence-corrected chi connectivity index (χ4v) is 2.28. The van der Waals surface area contributed by atoms with Crippen molar-refractivity contribution in [1.29, 1.82) is 0 Å². The lowest BCUT2D eigenvalue weighted by atomic mass is 10.2. The molecule has 0 spiro atoms. The van der Waals surface area contributed by atoms with Gasteiger partial charge in [-0.2, -0.15) is 0 Å². The van der Waals surface area contributed by atoms with E-state index in [4.69, 9.17) is 11.6 Å². The zero-order chi connectivity index (χ0) is 15.1. The third kappa shape index (κ3) is 4.94. The second kappa shape index (κ2) is 7.89. The Morgan fingerprint density at radius 3 is 2.67 bits per heavy atom. The van der Waals surface area contributed by atoms with Gasteiger partial charge in [-0.05, 0) is 42.3 Å². The summed E-state index contributed by atoms with van der Waals surface area (Å²) < 4.78 is 13.1. The Hall–Kier alpha value is -1.74. The maximum absolute atomic E-state index is 13.1. The minimum atomic E-state index is -0.242. The molecule has 0 aromatic heterocycles. The summed E-state index contributed by atoms with van der Waals surface area (Å²) in [6.45, 7) is 3.69. The molecule has 2 aromatic rings. The molecule has 0 saturated carbocycles. The highest BCUT2D eigenvalue weighted by atomic mass is 35.5. The van der Waals surface area contributed by atoms with Gasteiger partial charge in [0.15, 0.2) is 0 Å². The standard InChI is InChI=1S/C17H20ClFN2/c1-2-3-9-20-17-8-7-13(10-16(17)18)12-21-15-6-4-5-14(19)11-15/h4-8,10-11,20-21H,2-3,9,12H2,1H3. The Labute approximate surface area is 130 Å². The Balaban J connectivity index is 1.93. The monoisotopic (exact) mass is 306 g/mol. The van der Waals surface area contributed by atoms with Crippen LogP contribution in [0.1, 0.15) is 25.3 Å². The summed E-state index contributed by atoms with van der Waals surface area (Å²) in [4.78, 5) is 0. The van der Waals surface area contributed by atoms with Gasteiger partial charge < -0.3 is 10.6 Å². The molecule has 0 fully saturated rings. The van der Waals surface area contributed by atoms with Gasteiger partial charge in [0.2, 0.25) is 0 Å². The molecule has 0 radical (unpaired) electrons. The van der Waals surface area contributed by atoms with Gasteiger partial charge in [0, 0.05) is 18.8 Å². The van der Waals surface area contributed by atoms with Crippen LogP contribution >= 0.6 is 11.6 Å². The van der Waals surface area contributed by atoms with Crippen molar-refractivity contribution in [3.05, 3.63) is 58.9 Å². The fourth-order valence-electron chi connectivity index (χ4n) is 2.01. The first-order chi connectivity index (χ1) is 10.2. The predicted octanol–water partition coefficient (Wildman–Crippen LogP) is 5.30. The third-order valence-corrected chi connectivity index (χ3v) is 3.51. The van der Waals surface area contributed by atoms with E-state index in [9.17, 15) is 4.39 Å². The average Bonchev–Trinajstić information content (AvgIpc) is 2.47. The number of halogens is 2. The number of rotatable bonds is 7. The summed E-state index contributed by atoms with van der Waals surface area (Å²) in [5.74, 6) is -0.242. The Kier molecular flexibility index (Phi) is 5.88. The van der Waals surface area contributed by atoms with E-state index in [2.05, 4.69) is 17.6 Å². The minimum absolute atomic E-state index is 0.242. The van der Waals surface area contributed by atoms with Crippen molar-refractivity contribution in [2.24, 2.45) is 0 Å². The molecule has 0 aliphatic rings. The van der Waals surface area contributed by atoms with Crippen molar-refractivity contribution in [3.63, 3.8) is 0 Å². The van der Waals surface area contributed by atoms with Crippen LogP contribution in [0.15, 0.2) is 42.5 Å². The zero-order valence-electron chi connectivity index (χ0n) is 12.1. The van der Waals surface area contributed by atoms with Crippen LogP contribution in [-0.2, 0) is 6.54 Å². The SMILES string of the molecule is CCCCNc1ccc(CNc2cccc(F)c2)cc1Cl. The maximum atomic E-state index is 13.1. The van der Waals surface area contributed by atoms with Crippen molar-refractivity contribution < 1.29 is 4.39 Å². The van der Waals surface area contributed by atoms with Gasteiger partial charge in [0.05, 0.1) is 10.7 Å². The zero-order valence-corrected chi connectivity index (χ0v) is 12.9. The van der Waals surface area contributed by atoms with Gasteiger partial charge in [-0.1, -0.05) is 37.1 Å². The molecule has 2 rings (SSSR count). The highest BCUT2D eigenvalue weighted by Gasteiger charge is 2.02. The van der Waals surface area contributed by atoms with Gasteiger partial charge in [0.1, 0.15) is 5.82 Å². The van der Waals surface area contributed by atoms with Crippen LogP contribution in [0, 0.1) is 5.82 Å². The number of hydrogen-bond donors (Lipinski definition) is 2. The second-order valence-corrected chi connectivity index (χ2v) is 5.37. The largest absolute Gasteiger partial charge is 0.384 e. The molecule has 0 heterocycles. The van der Waals surface area contributed by atoms with E-state index in [1.165, 1.54) is 12.1 Å². The number of benzene rings is 2. The first kappa shape index (κ1) is 15.6. The van der Waals surface area contributed by atoms with Crippen LogP contribution in [0.25, 0.3) is 0 Å². The lowest BCUT2D eigenvalue weighted by Crippen LogP contribution is -2.03. The molecule has 0 aliphatic heterocycles. The Bertz CT molecular complexity index is 587. The van der Waals surface area contributed by atoms with Crippen molar-refractivity contribution in [1.82, 2.24) is 0 Å². The molecule has 0 amide bonds. The van der Waals surface area contributed by atoms with Crippen molar-refractivity contribution in [2.75, 3.05) is 17.2 Å². The number of unbranched alkanes of at least 4 members (excludes halogenated alkanes) is 1. The van der Waals surface area contributed by atoms with Gasteiger partial charge in [-0.25, -0.2) is 4.39 Å². The van der Waals surface area contributed by atoms with Gasteiger partial charge >= 0.3 is 0 Å². The lowest BCUT2D eigenvalue weighted by molar-refractivity contribution is 0.628. The molecule has 4 heteroatoms. The van der Waals surface area contributed by atoms with Gasteiger partial charge in [0.25, 0.3) is 0 Å². The molecule has 112 valence electrons. The van der Waals surface area contributed by atoms with E-state index < -0.39 is 0 Å². The summed E-state index contributed by atoms with van der Waals surface area (Å²) in [6, 6.07) is 12.4. The van der Waals surface area contributed by atoms with Crippen LogP contribution in [0.5, 0.6) is 0 Å². The maximum Gasteiger partial charge on any atom is 0.125 e. The molecular formula is C17H20ClFN2. The summed E-state index contributed by atoms with van der Waals surface area (Å²) in [6.07, 6.45) is 2.28. The minimum Gasteiger partial charge on any atom is -0.384 e. The van der Waals surface area contributed by atoms with Crippen LogP contribution in [-0.4, -0.2) is 6.54 Å². The van der Waals surface area contributed by atoms with Gasteiger partial charge in [-0.15, -0.1) is 0 Å². The van der Waals surface area contributed by atoms with Crippen molar-refractivity contribution >= 4 is 23.0 Å². The quantitative estimate of drug-likeness (QED) is 0.678. The number of hydrogen-bond acceptors (Lipinski definition) is 2. The van der Waals surface area contributed by atoms with Crippen LogP contribution in [0.2, 0.25) is 5.02 Å². The van der Waals surface area contributed by atoms with E-state index in [0.717, 1.165) is 36.3 Å². The topological polar surface area (TPSA) is 24.1 Å². The predicted molar refractivity (Wildman–Crippen MR) is 88.6 cm³/mol. The first-order valence-electron chi connectivity index (χ1n) is 7.21. The number of nitrogens with one attached hydrogen (secondary N) is 2. The molecule has 0 saturated heterocycles. The Morgan fingerprint density at radius 2 is 1.95 bits per heavy atom.